The Kier molecular flexibility index (Phi) is 7.55. The summed E-state index contributed by atoms with van der Waals surface area (Å²) in [5, 5.41) is 15.5. The first kappa shape index (κ1) is 22.6. The molecular formula is C20H18NNaO7. The van der Waals surface area contributed by atoms with Gasteiger partial charge in [0, 0.05) is 16.7 Å². The second-order valence-electron chi connectivity index (χ2n) is 5.69. The van der Waals surface area contributed by atoms with Crippen molar-refractivity contribution in [3.63, 3.8) is 0 Å². The molecule has 8 nitrogen and oxygen atoms in total. The van der Waals surface area contributed by atoms with E-state index >= 15 is 0 Å². The van der Waals surface area contributed by atoms with E-state index in [0.717, 1.165) is 0 Å². The molecule has 0 N–H and O–H groups in total. The summed E-state index contributed by atoms with van der Waals surface area (Å²) in [6.07, 6.45) is 1.43. The molecule has 0 bridgehead atoms. The second-order valence-corrected chi connectivity index (χ2v) is 5.69. The number of hydrogen-bond acceptors (Lipinski definition) is 8. The molecule has 3 rings (SSSR count). The van der Waals surface area contributed by atoms with Crippen LogP contribution in [0.2, 0.25) is 0 Å². The molecule has 146 valence electrons. The van der Waals surface area contributed by atoms with E-state index in [1.165, 1.54) is 40.8 Å². The third-order valence-corrected chi connectivity index (χ3v) is 4.24. The molecule has 2 aromatic carbocycles. The van der Waals surface area contributed by atoms with Crippen LogP contribution in [0.5, 0.6) is 23.0 Å². The number of carbonyl (C=O) groups excluding carboxylic acids is 1. The Hall–Kier alpha value is -2.68. The van der Waals surface area contributed by atoms with Crippen molar-refractivity contribution >= 4 is 5.97 Å². The Morgan fingerprint density at radius 3 is 2.03 bits per heavy atom. The summed E-state index contributed by atoms with van der Waals surface area (Å²) < 4.78 is 26.3. The van der Waals surface area contributed by atoms with E-state index < -0.39 is 5.97 Å². The van der Waals surface area contributed by atoms with E-state index in [0.29, 0.717) is 39.6 Å². The number of methoxy groups -OCH3 is 4. The van der Waals surface area contributed by atoms with Gasteiger partial charge in [0.25, 0.3) is 0 Å². The average molecular weight is 407 g/mol. The summed E-state index contributed by atoms with van der Waals surface area (Å²) in [7, 11) is 5.93. The number of aromatic nitrogens is 1. The second kappa shape index (κ2) is 9.69. The van der Waals surface area contributed by atoms with Crippen molar-refractivity contribution in [3.8, 4) is 45.4 Å². The third-order valence-electron chi connectivity index (χ3n) is 4.24. The maximum Gasteiger partial charge on any atom is 1.00 e. The molecule has 9 heteroatoms. The first-order chi connectivity index (χ1) is 13.5. The van der Waals surface area contributed by atoms with Crippen LogP contribution in [0.1, 0.15) is 10.4 Å². The van der Waals surface area contributed by atoms with Gasteiger partial charge in [-0.3, -0.25) is 0 Å². The van der Waals surface area contributed by atoms with Crippen LogP contribution in [0.4, 0.5) is 0 Å². The topological polar surface area (TPSA) is 103 Å². The number of aromatic carboxylic acids is 1. The van der Waals surface area contributed by atoms with Gasteiger partial charge in [-0.05, 0) is 29.8 Å². The van der Waals surface area contributed by atoms with Crippen molar-refractivity contribution in [2.24, 2.45) is 0 Å². The predicted molar refractivity (Wildman–Crippen MR) is 97.9 cm³/mol. The molecule has 0 amide bonds. The molecule has 0 saturated carbocycles. The number of carbonyl (C=O) groups is 1. The Balaban J connectivity index is 0.00000300. The number of rotatable bonds is 7. The minimum absolute atomic E-state index is 0. The molecule has 0 unspecified atom stereocenters. The van der Waals surface area contributed by atoms with Crippen molar-refractivity contribution in [1.29, 1.82) is 0 Å². The van der Waals surface area contributed by atoms with Crippen LogP contribution in [-0.2, 0) is 0 Å². The van der Waals surface area contributed by atoms with Crippen LogP contribution in [0, 0.1) is 0 Å². The number of carboxylic acid groups (broad SMARTS) is 1. The smallest absolute Gasteiger partial charge is 0.545 e. The SMILES string of the molecule is COc1ccc(-c2conc2-c2cc(OC)c(OC)c(OC)c2)cc1C(=O)[O-].[Na+]. The quantitative estimate of drug-likeness (QED) is 0.479. The van der Waals surface area contributed by atoms with E-state index in [2.05, 4.69) is 5.16 Å². The molecule has 0 spiro atoms. The number of ether oxygens (including phenoxy) is 4. The minimum Gasteiger partial charge on any atom is -0.545 e. The predicted octanol–water partition coefficient (Wildman–Crippen LogP) is -0.589. The normalized spacial score (nSPS) is 10.1. The average Bonchev–Trinajstić information content (AvgIpc) is 3.21. The summed E-state index contributed by atoms with van der Waals surface area (Å²) in [5.41, 5.74) is 2.21. The first-order valence-corrected chi connectivity index (χ1v) is 8.18. The third kappa shape index (κ3) is 4.34. The molecule has 0 aliphatic rings. The molecular weight excluding hydrogens is 389 g/mol. The van der Waals surface area contributed by atoms with Crippen LogP contribution in [0.3, 0.4) is 0 Å². The molecule has 0 aliphatic carbocycles. The molecule has 0 saturated heterocycles. The van der Waals surface area contributed by atoms with Crippen molar-refractivity contribution in [2.75, 3.05) is 28.4 Å². The minimum atomic E-state index is -1.34. The van der Waals surface area contributed by atoms with Gasteiger partial charge in [0.1, 0.15) is 17.7 Å². The van der Waals surface area contributed by atoms with Gasteiger partial charge in [-0.15, -0.1) is 0 Å². The van der Waals surface area contributed by atoms with Crippen molar-refractivity contribution in [3.05, 3.63) is 42.2 Å². The van der Waals surface area contributed by atoms with E-state index in [1.807, 2.05) is 0 Å². The van der Waals surface area contributed by atoms with E-state index in [4.69, 9.17) is 23.5 Å². The summed E-state index contributed by atoms with van der Waals surface area (Å²) in [6.45, 7) is 0. The van der Waals surface area contributed by atoms with Gasteiger partial charge in [0.2, 0.25) is 5.75 Å². The van der Waals surface area contributed by atoms with Crippen LogP contribution in [0.15, 0.2) is 41.1 Å². The number of nitrogens with zero attached hydrogens (tertiary/aromatic N) is 1. The summed E-state index contributed by atoms with van der Waals surface area (Å²) >= 11 is 0. The van der Waals surface area contributed by atoms with Crippen LogP contribution < -0.4 is 53.6 Å². The van der Waals surface area contributed by atoms with Gasteiger partial charge in [0.05, 0.1) is 34.4 Å². The Morgan fingerprint density at radius 2 is 1.52 bits per heavy atom. The molecule has 0 fully saturated rings. The van der Waals surface area contributed by atoms with Gasteiger partial charge in [-0.1, -0.05) is 11.2 Å². The monoisotopic (exact) mass is 407 g/mol. The van der Waals surface area contributed by atoms with Gasteiger partial charge in [-0.25, -0.2) is 0 Å². The van der Waals surface area contributed by atoms with Crippen LogP contribution >= 0.6 is 0 Å². The Morgan fingerprint density at radius 1 is 0.897 bits per heavy atom. The molecule has 0 radical (unpaired) electrons. The zero-order valence-electron chi connectivity index (χ0n) is 16.8. The standard InChI is InChI=1S/C20H19NO7.Na/c1-24-15-6-5-11(7-13(15)20(22)23)14-10-28-21-18(14)12-8-16(25-2)19(27-4)17(9-12)26-3;/h5-10H,1-4H3,(H,22,23);/q;+1/p-1. The van der Waals surface area contributed by atoms with Crippen molar-refractivity contribution in [2.45, 2.75) is 0 Å². The number of hydrogen-bond donors (Lipinski definition) is 0. The Labute approximate surface area is 189 Å². The molecule has 1 heterocycles. The fraction of sp³-hybridized carbons (Fsp3) is 0.200. The zero-order chi connectivity index (χ0) is 20.3. The van der Waals surface area contributed by atoms with Gasteiger partial charge in [0.15, 0.2) is 11.5 Å². The fourth-order valence-electron chi connectivity index (χ4n) is 2.90. The van der Waals surface area contributed by atoms with Gasteiger partial charge in [-0.2, -0.15) is 0 Å². The van der Waals surface area contributed by atoms with Gasteiger partial charge < -0.3 is 33.4 Å². The summed E-state index contributed by atoms with van der Waals surface area (Å²) in [5.74, 6) is 0.216. The maximum atomic E-state index is 11.4. The zero-order valence-corrected chi connectivity index (χ0v) is 18.8. The molecule has 29 heavy (non-hydrogen) atoms. The maximum absolute atomic E-state index is 11.4. The van der Waals surface area contributed by atoms with E-state index in [1.54, 1.807) is 24.3 Å². The van der Waals surface area contributed by atoms with E-state index in [9.17, 15) is 9.90 Å². The van der Waals surface area contributed by atoms with Crippen LogP contribution in [-0.4, -0.2) is 39.6 Å². The van der Waals surface area contributed by atoms with Gasteiger partial charge >= 0.3 is 29.6 Å². The summed E-state index contributed by atoms with van der Waals surface area (Å²) in [6, 6.07) is 8.16. The molecule has 0 aliphatic heterocycles. The Bertz CT molecular complexity index is 991. The molecule has 1 aromatic heterocycles. The number of carboxylic acids is 1. The molecule has 3 aromatic rings. The summed E-state index contributed by atoms with van der Waals surface area (Å²) in [4.78, 5) is 11.4. The fourth-order valence-corrected chi connectivity index (χ4v) is 2.90. The van der Waals surface area contributed by atoms with E-state index in [-0.39, 0.29) is 40.9 Å². The molecule has 0 atom stereocenters. The van der Waals surface area contributed by atoms with Crippen LogP contribution in [0.25, 0.3) is 22.4 Å². The number of benzene rings is 2. The first-order valence-electron chi connectivity index (χ1n) is 8.18. The van der Waals surface area contributed by atoms with Crippen molar-refractivity contribution < 1.29 is 62.9 Å². The largest absolute Gasteiger partial charge is 1.00 e. The van der Waals surface area contributed by atoms with Crippen molar-refractivity contribution in [1.82, 2.24) is 5.16 Å².